The third-order valence-corrected chi connectivity index (χ3v) is 3.36. The van der Waals surface area contributed by atoms with Gasteiger partial charge in [-0.3, -0.25) is 4.57 Å². The molecule has 0 amide bonds. The Kier molecular flexibility index (Phi) is 3.57. The van der Waals surface area contributed by atoms with Crippen molar-refractivity contribution in [3.8, 4) is 0 Å². The average molecular weight is 248 g/mol. The fourth-order valence-corrected chi connectivity index (χ4v) is 2.04. The predicted molar refractivity (Wildman–Crippen MR) is 72.5 cm³/mol. The third kappa shape index (κ3) is 2.64. The van der Waals surface area contributed by atoms with E-state index in [9.17, 15) is 4.79 Å². The molecule has 0 aliphatic carbocycles. The molecule has 1 heterocycles. The lowest BCUT2D eigenvalue weighted by Gasteiger charge is -2.21. The Morgan fingerprint density at radius 3 is 2.78 bits per heavy atom. The molecule has 0 saturated carbocycles. The number of hydrogen-bond donors (Lipinski definition) is 1. The van der Waals surface area contributed by atoms with E-state index in [4.69, 9.17) is 10.2 Å². The number of nitrogens with two attached hydrogens (primary N) is 1. The number of oxazole rings is 1. The van der Waals surface area contributed by atoms with Gasteiger partial charge in [0.25, 0.3) is 0 Å². The standard InChI is InChI=1S/C14H20N2O2/c1-14(2,10-15)8-5-9-16-11-6-3-4-7-12(11)18-13(16)17/h3-4,6-7H,5,8-10,15H2,1-2H3. The van der Waals surface area contributed by atoms with Crippen molar-refractivity contribution in [2.24, 2.45) is 11.1 Å². The molecule has 18 heavy (non-hydrogen) atoms. The topological polar surface area (TPSA) is 61.2 Å². The highest BCUT2D eigenvalue weighted by Crippen LogP contribution is 2.21. The van der Waals surface area contributed by atoms with E-state index in [0.29, 0.717) is 18.7 Å². The molecule has 0 fully saturated rings. The van der Waals surface area contributed by atoms with Crippen molar-refractivity contribution in [2.45, 2.75) is 33.2 Å². The molecular formula is C14H20N2O2. The average Bonchev–Trinajstić information content (AvgIpc) is 2.66. The van der Waals surface area contributed by atoms with Crippen LogP contribution in [0.5, 0.6) is 0 Å². The van der Waals surface area contributed by atoms with Crippen molar-refractivity contribution in [2.75, 3.05) is 6.54 Å². The summed E-state index contributed by atoms with van der Waals surface area (Å²) >= 11 is 0. The van der Waals surface area contributed by atoms with Gasteiger partial charge >= 0.3 is 5.76 Å². The highest BCUT2D eigenvalue weighted by molar-refractivity contribution is 5.72. The quantitative estimate of drug-likeness (QED) is 0.883. The van der Waals surface area contributed by atoms with Gasteiger partial charge in [-0.15, -0.1) is 0 Å². The zero-order valence-corrected chi connectivity index (χ0v) is 11.0. The molecule has 98 valence electrons. The molecule has 4 heteroatoms. The van der Waals surface area contributed by atoms with E-state index in [1.807, 2.05) is 24.3 Å². The SMILES string of the molecule is CC(C)(CN)CCCn1c(=O)oc2ccccc21. The summed E-state index contributed by atoms with van der Waals surface area (Å²) in [6.07, 6.45) is 1.92. The minimum Gasteiger partial charge on any atom is -0.408 e. The van der Waals surface area contributed by atoms with Crippen LogP contribution < -0.4 is 11.5 Å². The Morgan fingerprint density at radius 2 is 2.06 bits per heavy atom. The Hall–Kier alpha value is -1.55. The second-order valence-electron chi connectivity index (χ2n) is 5.46. The van der Waals surface area contributed by atoms with E-state index in [0.717, 1.165) is 18.4 Å². The summed E-state index contributed by atoms with van der Waals surface area (Å²) in [4.78, 5) is 11.7. The number of benzene rings is 1. The van der Waals surface area contributed by atoms with Gasteiger partial charge in [0, 0.05) is 6.54 Å². The van der Waals surface area contributed by atoms with Crippen molar-refractivity contribution in [1.29, 1.82) is 0 Å². The molecule has 4 nitrogen and oxygen atoms in total. The van der Waals surface area contributed by atoms with Gasteiger partial charge in [0.2, 0.25) is 0 Å². The maximum Gasteiger partial charge on any atom is 0.419 e. The maximum absolute atomic E-state index is 11.7. The van der Waals surface area contributed by atoms with Crippen LogP contribution >= 0.6 is 0 Å². The zero-order valence-electron chi connectivity index (χ0n) is 11.0. The minimum atomic E-state index is -0.276. The van der Waals surface area contributed by atoms with Gasteiger partial charge in [-0.05, 0) is 36.9 Å². The number of para-hydroxylation sites is 2. The van der Waals surface area contributed by atoms with Crippen LogP contribution in [0, 0.1) is 5.41 Å². The van der Waals surface area contributed by atoms with Gasteiger partial charge in [-0.1, -0.05) is 26.0 Å². The van der Waals surface area contributed by atoms with E-state index in [-0.39, 0.29) is 11.2 Å². The molecule has 0 radical (unpaired) electrons. The molecule has 0 aliphatic heterocycles. The first kappa shape index (κ1) is 12.9. The Morgan fingerprint density at radius 1 is 1.33 bits per heavy atom. The van der Waals surface area contributed by atoms with Crippen molar-refractivity contribution >= 4 is 11.1 Å². The lowest BCUT2D eigenvalue weighted by molar-refractivity contribution is 0.325. The van der Waals surface area contributed by atoms with Crippen molar-refractivity contribution in [1.82, 2.24) is 4.57 Å². The van der Waals surface area contributed by atoms with E-state index in [2.05, 4.69) is 13.8 Å². The van der Waals surface area contributed by atoms with E-state index in [1.165, 1.54) is 0 Å². The summed E-state index contributed by atoms with van der Waals surface area (Å²) in [5, 5.41) is 0. The lowest BCUT2D eigenvalue weighted by Crippen LogP contribution is -2.24. The third-order valence-electron chi connectivity index (χ3n) is 3.36. The van der Waals surface area contributed by atoms with Gasteiger partial charge in [0.15, 0.2) is 5.58 Å². The molecule has 0 aliphatic rings. The van der Waals surface area contributed by atoms with Crippen LogP contribution in [0.2, 0.25) is 0 Å². The molecule has 2 N–H and O–H groups in total. The van der Waals surface area contributed by atoms with Crippen LogP contribution in [0.4, 0.5) is 0 Å². The molecule has 2 rings (SSSR count). The lowest BCUT2D eigenvalue weighted by atomic mass is 9.88. The second kappa shape index (κ2) is 4.98. The molecule has 0 unspecified atom stereocenters. The van der Waals surface area contributed by atoms with Crippen molar-refractivity contribution in [3.63, 3.8) is 0 Å². The van der Waals surface area contributed by atoms with Gasteiger partial charge in [0.1, 0.15) is 0 Å². The Balaban J connectivity index is 2.13. The molecule has 1 aromatic carbocycles. The first-order valence-electron chi connectivity index (χ1n) is 6.32. The van der Waals surface area contributed by atoms with E-state index < -0.39 is 0 Å². The predicted octanol–water partition coefficient (Wildman–Crippen LogP) is 2.36. The second-order valence-corrected chi connectivity index (χ2v) is 5.46. The molecule has 2 aromatic rings. The van der Waals surface area contributed by atoms with Crippen LogP contribution in [-0.4, -0.2) is 11.1 Å². The molecule has 0 saturated heterocycles. The van der Waals surface area contributed by atoms with Crippen LogP contribution in [0.3, 0.4) is 0 Å². The highest BCUT2D eigenvalue weighted by Gasteiger charge is 2.15. The summed E-state index contributed by atoms with van der Waals surface area (Å²) in [6.45, 7) is 5.62. The van der Waals surface area contributed by atoms with Gasteiger partial charge in [-0.25, -0.2) is 4.79 Å². The fraction of sp³-hybridized carbons (Fsp3) is 0.500. The van der Waals surface area contributed by atoms with E-state index in [1.54, 1.807) is 4.57 Å². The van der Waals surface area contributed by atoms with Crippen molar-refractivity contribution in [3.05, 3.63) is 34.8 Å². The van der Waals surface area contributed by atoms with E-state index >= 15 is 0 Å². The summed E-state index contributed by atoms with van der Waals surface area (Å²) in [6, 6.07) is 7.51. The summed E-state index contributed by atoms with van der Waals surface area (Å²) in [7, 11) is 0. The molecule has 0 atom stereocenters. The first-order chi connectivity index (χ1) is 8.53. The van der Waals surface area contributed by atoms with Crippen LogP contribution in [0.25, 0.3) is 11.1 Å². The summed E-state index contributed by atoms with van der Waals surface area (Å²) in [5.41, 5.74) is 7.35. The maximum atomic E-state index is 11.7. The number of hydrogen-bond acceptors (Lipinski definition) is 3. The summed E-state index contributed by atoms with van der Waals surface area (Å²) < 4.78 is 6.89. The number of fused-ring (bicyclic) bond motifs is 1. The number of nitrogens with zero attached hydrogens (tertiary/aromatic N) is 1. The fourth-order valence-electron chi connectivity index (χ4n) is 2.04. The summed E-state index contributed by atoms with van der Waals surface area (Å²) in [5.74, 6) is -0.276. The van der Waals surface area contributed by atoms with Crippen LogP contribution in [-0.2, 0) is 6.54 Å². The molecule has 1 aromatic heterocycles. The monoisotopic (exact) mass is 248 g/mol. The normalized spacial score (nSPS) is 12.2. The zero-order chi connectivity index (χ0) is 13.2. The minimum absolute atomic E-state index is 0.128. The molecular weight excluding hydrogens is 228 g/mol. The number of aryl methyl sites for hydroxylation is 1. The van der Waals surface area contributed by atoms with Gasteiger partial charge in [-0.2, -0.15) is 0 Å². The van der Waals surface area contributed by atoms with Crippen LogP contribution in [0.15, 0.2) is 33.5 Å². The Labute approximate surface area is 106 Å². The number of aromatic nitrogens is 1. The Bertz CT molecular complexity index is 581. The highest BCUT2D eigenvalue weighted by atomic mass is 16.4. The van der Waals surface area contributed by atoms with Gasteiger partial charge < -0.3 is 10.2 Å². The van der Waals surface area contributed by atoms with Crippen LogP contribution in [0.1, 0.15) is 26.7 Å². The van der Waals surface area contributed by atoms with Gasteiger partial charge in [0.05, 0.1) is 5.52 Å². The largest absolute Gasteiger partial charge is 0.419 e. The molecule has 0 bridgehead atoms. The number of rotatable bonds is 5. The smallest absolute Gasteiger partial charge is 0.408 e. The van der Waals surface area contributed by atoms with Crippen molar-refractivity contribution < 1.29 is 4.42 Å². The molecule has 0 spiro atoms. The first-order valence-corrected chi connectivity index (χ1v) is 6.32.